The summed E-state index contributed by atoms with van der Waals surface area (Å²) < 4.78 is 0.876. The monoisotopic (exact) mass is 235 g/mol. The first-order valence-electron chi connectivity index (χ1n) is 4.27. The van der Waals surface area contributed by atoms with Crippen molar-refractivity contribution < 1.29 is 0 Å². The molecule has 1 aromatic rings. The minimum absolute atomic E-state index is 0.876. The minimum Gasteiger partial charge on any atom is -0.312 e. The van der Waals surface area contributed by atoms with Crippen LogP contribution in [-0.2, 0) is 6.54 Å². The van der Waals surface area contributed by atoms with Crippen molar-refractivity contribution >= 4 is 34.7 Å². The molecule has 1 N–H and O–H groups in total. The fourth-order valence-corrected chi connectivity index (χ4v) is 2.49. The maximum Gasteiger partial charge on any atom is 0.0931 e. The molecule has 13 heavy (non-hydrogen) atoms. The van der Waals surface area contributed by atoms with Crippen LogP contribution in [0.3, 0.4) is 0 Å². The first kappa shape index (κ1) is 11.4. The predicted molar refractivity (Wildman–Crippen MR) is 64.0 cm³/mol. The molecule has 0 aliphatic carbocycles. The summed E-state index contributed by atoms with van der Waals surface area (Å²) in [6.07, 6.45) is 3.37. The van der Waals surface area contributed by atoms with Gasteiger partial charge in [-0.15, -0.1) is 11.3 Å². The van der Waals surface area contributed by atoms with Crippen LogP contribution in [0.25, 0.3) is 0 Å². The second-order valence-corrected chi connectivity index (χ2v) is 5.51. The average molecular weight is 236 g/mol. The van der Waals surface area contributed by atoms with Crippen molar-refractivity contribution in [2.45, 2.75) is 13.0 Å². The van der Waals surface area contributed by atoms with Crippen LogP contribution in [0.5, 0.6) is 0 Å². The Bertz CT molecular complexity index is 237. The van der Waals surface area contributed by atoms with Crippen molar-refractivity contribution in [1.82, 2.24) is 5.32 Å². The summed E-state index contributed by atoms with van der Waals surface area (Å²) in [7, 11) is 0. The van der Waals surface area contributed by atoms with E-state index < -0.39 is 0 Å². The average Bonchev–Trinajstić information content (AvgIpc) is 2.51. The molecule has 0 aromatic carbocycles. The van der Waals surface area contributed by atoms with Gasteiger partial charge in [-0.25, -0.2) is 0 Å². The fraction of sp³-hybridized carbons (Fsp3) is 0.556. The van der Waals surface area contributed by atoms with Crippen LogP contribution in [0.1, 0.15) is 11.3 Å². The smallest absolute Gasteiger partial charge is 0.0931 e. The van der Waals surface area contributed by atoms with Crippen LogP contribution in [0.2, 0.25) is 4.34 Å². The number of thioether (sulfide) groups is 1. The summed E-state index contributed by atoms with van der Waals surface area (Å²) >= 11 is 9.35. The number of hydrogen-bond donors (Lipinski definition) is 1. The summed E-state index contributed by atoms with van der Waals surface area (Å²) in [6, 6.07) is 4.03. The third kappa shape index (κ3) is 4.91. The largest absolute Gasteiger partial charge is 0.312 e. The maximum absolute atomic E-state index is 5.81. The molecule has 0 unspecified atom stereocenters. The molecule has 0 amide bonds. The van der Waals surface area contributed by atoms with Crippen molar-refractivity contribution in [2.24, 2.45) is 0 Å². The Hall–Kier alpha value is 0.300. The summed E-state index contributed by atoms with van der Waals surface area (Å²) in [4.78, 5) is 1.31. The zero-order chi connectivity index (χ0) is 9.52. The van der Waals surface area contributed by atoms with E-state index in [4.69, 9.17) is 11.6 Å². The van der Waals surface area contributed by atoms with Crippen molar-refractivity contribution in [1.29, 1.82) is 0 Å². The van der Waals surface area contributed by atoms with Crippen molar-refractivity contribution in [3.05, 3.63) is 21.3 Å². The molecular weight excluding hydrogens is 222 g/mol. The zero-order valence-electron chi connectivity index (χ0n) is 7.68. The van der Waals surface area contributed by atoms with E-state index in [0.29, 0.717) is 0 Å². The van der Waals surface area contributed by atoms with Crippen molar-refractivity contribution in [3.63, 3.8) is 0 Å². The number of nitrogens with one attached hydrogen (secondary N) is 1. The predicted octanol–water partition coefficient (Wildman–Crippen LogP) is 3.24. The lowest BCUT2D eigenvalue weighted by atomic mass is 10.4. The maximum atomic E-state index is 5.81. The van der Waals surface area contributed by atoms with Gasteiger partial charge in [0.2, 0.25) is 0 Å². The van der Waals surface area contributed by atoms with Gasteiger partial charge in [0.25, 0.3) is 0 Å². The van der Waals surface area contributed by atoms with Gasteiger partial charge in [0.15, 0.2) is 0 Å². The Balaban J connectivity index is 2.06. The Labute approximate surface area is 92.9 Å². The van der Waals surface area contributed by atoms with Gasteiger partial charge in [-0.3, -0.25) is 0 Å². The van der Waals surface area contributed by atoms with Gasteiger partial charge in [0.1, 0.15) is 0 Å². The lowest BCUT2D eigenvalue weighted by molar-refractivity contribution is 0.685. The van der Waals surface area contributed by atoms with Gasteiger partial charge in [0.05, 0.1) is 4.34 Å². The van der Waals surface area contributed by atoms with Crippen LogP contribution >= 0.6 is 34.7 Å². The molecule has 0 bridgehead atoms. The molecule has 0 aliphatic rings. The lowest BCUT2D eigenvalue weighted by Crippen LogP contribution is -2.14. The molecule has 1 aromatic heterocycles. The van der Waals surface area contributed by atoms with Crippen LogP contribution in [0, 0.1) is 0 Å². The molecule has 74 valence electrons. The summed E-state index contributed by atoms with van der Waals surface area (Å²) in [6.45, 7) is 2.04. The molecule has 0 fully saturated rings. The SMILES string of the molecule is CSCCCNCc1ccc(Cl)s1. The van der Waals surface area contributed by atoms with Crippen molar-refractivity contribution in [3.8, 4) is 0 Å². The Morgan fingerprint density at radius 2 is 2.38 bits per heavy atom. The van der Waals surface area contributed by atoms with Gasteiger partial charge in [-0.05, 0) is 37.1 Å². The first-order chi connectivity index (χ1) is 6.33. The van der Waals surface area contributed by atoms with E-state index in [0.717, 1.165) is 17.4 Å². The third-order valence-electron chi connectivity index (χ3n) is 1.63. The Morgan fingerprint density at radius 3 is 3.00 bits per heavy atom. The highest BCUT2D eigenvalue weighted by atomic mass is 35.5. The quantitative estimate of drug-likeness (QED) is 0.760. The van der Waals surface area contributed by atoms with Crippen molar-refractivity contribution in [2.75, 3.05) is 18.6 Å². The highest BCUT2D eigenvalue weighted by Gasteiger charge is 1.96. The van der Waals surface area contributed by atoms with E-state index in [9.17, 15) is 0 Å². The second kappa shape index (κ2) is 6.71. The highest BCUT2D eigenvalue weighted by molar-refractivity contribution is 7.98. The lowest BCUT2D eigenvalue weighted by Gasteiger charge is -2.00. The van der Waals surface area contributed by atoms with Crippen LogP contribution in [0.15, 0.2) is 12.1 Å². The number of halogens is 1. The van der Waals surface area contributed by atoms with Gasteiger partial charge in [-0.2, -0.15) is 11.8 Å². The molecule has 1 heterocycles. The number of thiophene rings is 1. The van der Waals surface area contributed by atoms with E-state index in [1.165, 1.54) is 17.1 Å². The van der Waals surface area contributed by atoms with E-state index in [1.54, 1.807) is 11.3 Å². The molecule has 1 rings (SSSR count). The van der Waals surface area contributed by atoms with Crippen LogP contribution in [0.4, 0.5) is 0 Å². The third-order valence-corrected chi connectivity index (χ3v) is 3.56. The fourth-order valence-electron chi connectivity index (χ4n) is 1.000. The van der Waals surface area contributed by atoms with Gasteiger partial charge in [0, 0.05) is 11.4 Å². The molecule has 0 saturated heterocycles. The Kier molecular flexibility index (Phi) is 5.87. The standard InChI is InChI=1S/C9H14ClNS2/c1-12-6-2-5-11-7-8-3-4-9(10)13-8/h3-4,11H,2,5-7H2,1H3. The molecule has 0 radical (unpaired) electrons. The second-order valence-electron chi connectivity index (χ2n) is 2.73. The highest BCUT2D eigenvalue weighted by Crippen LogP contribution is 2.20. The van der Waals surface area contributed by atoms with Crippen LogP contribution < -0.4 is 5.32 Å². The van der Waals surface area contributed by atoms with E-state index >= 15 is 0 Å². The Morgan fingerprint density at radius 1 is 1.54 bits per heavy atom. The van der Waals surface area contributed by atoms with Gasteiger partial charge >= 0.3 is 0 Å². The summed E-state index contributed by atoms with van der Waals surface area (Å²) in [5, 5.41) is 3.39. The van der Waals surface area contributed by atoms with E-state index in [2.05, 4.69) is 17.6 Å². The normalized spacial score (nSPS) is 10.6. The van der Waals surface area contributed by atoms with Gasteiger partial charge in [-0.1, -0.05) is 11.6 Å². The first-order valence-corrected chi connectivity index (χ1v) is 6.85. The van der Waals surface area contributed by atoms with E-state index in [1.807, 2.05) is 17.8 Å². The topological polar surface area (TPSA) is 12.0 Å². The van der Waals surface area contributed by atoms with E-state index in [-0.39, 0.29) is 0 Å². The molecule has 0 spiro atoms. The number of hydrogen-bond acceptors (Lipinski definition) is 3. The molecule has 1 nitrogen and oxygen atoms in total. The molecular formula is C9H14ClNS2. The molecule has 4 heteroatoms. The van der Waals surface area contributed by atoms with Crippen LogP contribution in [-0.4, -0.2) is 18.6 Å². The molecule has 0 aliphatic heterocycles. The summed E-state index contributed by atoms with van der Waals surface area (Å²) in [5.74, 6) is 1.23. The molecule has 0 atom stereocenters. The zero-order valence-corrected chi connectivity index (χ0v) is 10.1. The molecule has 0 saturated carbocycles. The van der Waals surface area contributed by atoms with Gasteiger partial charge < -0.3 is 5.32 Å². The number of rotatable bonds is 6. The summed E-state index contributed by atoms with van der Waals surface area (Å²) in [5.41, 5.74) is 0. The minimum atomic E-state index is 0.876.